The van der Waals surface area contributed by atoms with E-state index in [2.05, 4.69) is 41.9 Å². The molecule has 3 aromatic carbocycles. The van der Waals surface area contributed by atoms with Gasteiger partial charge in [0.15, 0.2) is 0 Å². The fourth-order valence-corrected chi connectivity index (χ4v) is 4.32. The van der Waals surface area contributed by atoms with Crippen LogP contribution in [0.15, 0.2) is 80.6 Å². The third kappa shape index (κ3) is 5.86. The van der Waals surface area contributed by atoms with Gasteiger partial charge >= 0.3 is 6.18 Å². The topological polar surface area (TPSA) is 75.3 Å². The molecular formula is C20H13Br2F3N2O3S. The molecule has 0 unspecified atom stereocenters. The fourth-order valence-electron chi connectivity index (χ4n) is 2.57. The number of carbonyl (C=O) groups excluding carboxylic acids is 1. The summed E-state index contributed by atoms with van der Waals surface area (Å²) in [4.78, 5) is 12.2. The zero-order valence-electron chi connectivity index (χ0n) is 15.4. The van der Waals surface area contributed by atoms with Crippen LogP contribution in [0.3, 0.4) is 0 Å². The van der Waals surface area contributed by atoms with Crippen LogP contribution in [0.5, 0.6) is 0 Å². The Bertz CT molecular complexity index is 1230. The summed E-state index contributed by atoms with van der Waals surface area (Å²) in [5.74, 6) is -0.606. The van der Waals surface area contributed by atoms with Crippen molar-refractivity contribution in [2.24, 2.45) is 0 Å². The molecule has 0 aliphatic carbocycles. The van der Waals surface area contributed by atoms with Crippen molar-refractivity contribution in [3.63, 3.8) is 0 Å². The molecular weight excluding hydrogens is 565 g/mol. The van der Waals surface area contributed by atoms with Crippen LogP contribution in [0, 0.1) is 0 Å². The largest absolute Gasteiger partial charge is 0.416 e. The summed E-state index contributed by atoms with van der Waals surface area (Å²) in [6.07, 6.45) is -4.70. The number of carbonyl (C=O) groups is 1. The number of rotatable bonds is 5. The maximum absolute atomic E-state index is 13.0. The molecule has 3 aromatic rings. The van der Waals surface area contributed by atoms with E-state index >= 15 is 0 Å². The molecule has 3 rings (SSSR count). The molecule has 0 atom stereocenters. The van der Waals surface area contributed by atoms with Crippen LogP contribution in [0.1, 0.15) is 15.9 Å². The van der Waals surface area contributed by atoms with E-state index in [0.29, 0.717) is 16.2 Å². The molecule has 0 spiro atoms. The highest BCUT2D eigenvalue weighted by Gasteiger charge is 2.32. The molecule has 1 amide bonds. The second-order valence-corrected chi connectivity index (χ2v) is 9.80. The number of hydrogen-bond donors (Lipinski definition) is 2. The molecule has 0 aliphatic rings. The maximum atomic E-state index is 13.0. The van der Waals surface area contributed by atoms with Gasteiger partial charge in [0.25, 0.3) is 15.9 Å². The van der Waals surface area contributed by atoms with Gasteiger partial charge < -0.3 is 5.32 Å². The quantitative estimate of drug-likeness (QED) is 0.374. The molecule has 0 saturated heterocycles. The SMILES string of the molecule is O=C(Nc1ccc(Br)cc1)c1cc(Br)ccc1NS(=O)(=O)c1cccc(C(F)(F)F)c1. The molecule has 31 heavy (non-hydrogen) atoms. The van der Waals surface area contributed by atoms with Crippen LogP contribution in [0.25, 0.3) is 0 Å². The van der Waals surface area contributed by atoms with Gasteiger partial charge in [0, 0.05) is 14.6 Å². The Hall–Kier alpha value is -2.37. The number of anilines is 2. The van der Waals surface area contributed by atoms with E-state index in [4.69, 9.17) is 0 Å². The van der Waals surface area contributed by atoms with E-state index in [1.54, 1.807) is 24.3 Å². The van der Waals surface area contributed by atoms with Crippen LogP contribution in [-0.4, -0.2) is 14.3 Å². The predicted octanol–water partition coefficient (Wildman–Crippen LogP) is 6.28. The summed E-state index contributed by atoms with van der Waals surface area (Å²) >= 11 is 6.51. The number of sulfonamides is 1. The van der Waals surface area contributed by atoms with E-state index in [1.807, 2.05) is 0 Å². The Labute approximate surface area is 193 Å². The zero-order chi connectivity index (χ0) is 22.8. The lowest BCUT2D eigenvalue weighted by Gasteiger charge is -2.14. The molecule has 5 nitrogen and oxygen atoms in total. The monoisotopic (exact) mass is 576 g/mol. The van der Waals surface area contributed by atoms with Crippen LogP contribution >= 0.6 is 31.9 Å². The van der Waals surface area contributed by atoms with Gasteiger partial charge in [-0.3, -0.25) is 9.52 Å². The van der Waals surface area contributed by atoms with E-state index < -0.39 is 32.6 Å². The first kappa shape index (κ1) is 23.3. The number of alkyl halides is 3. The lowest BCUT2D eigenvalue weighted by Crippen LogP contribution is -2.19. The van der Waals surface area contributed by atoms with E-state index in [-0.39, 0.29) is 11.3 Å². The molecule has 2 N–H and O–H groups in total. The van der Waals surface area contributed by atoms with Crippen molar-refractivity contribution in [1.29, 1.82) is 0 Å². The Balaban J connectivity index is 1.93. The van der Waals surface area contributed by atoms with Crippen molar-refractivity contribution in [3.05, 3.63) is 86.8 Å². The highest BCUT2D eigenvalue weighted by Crippen LogP contribution is 2.31. The van der Waals surface area contributed by atoms with Crippen LogP contribution in [0.2, 0.25) is 0 Å². The van der Waals surface area contributed by atoms with Crippen LogP contribution < -0.4 is 10.0 Å². The summed E-state index contributed by atoms with van der Waals surface area (Å²) in [5.41, 5.74) is -0.734. The Morgan fingerprint density at radius 2 is 1.52 bits per heavy atom. The summed E-state index contributed by atoms with van der Waals surface area (Å²) in [7, 11) is -4.39. The van der Waals surface area contributed by atoms with Gasteiger partial charge in [-0.2, -0.15) is 13.2 Å². The van der Waals surface area contributed by atoms with Crippen LogP contribution in [-0.2, 0) is 16.2 Å². The Morgan fingerprint density at radius 3 is 2.16 bits per heavy atom. The molecule has 0 bridgehead atoms. The van der Waals surface area contributed by atoms with Gasteiger partial charge in [-0.1, -0.05) is 37.9 Å². The first-order valence-corrected chi connectivity index (χ1v) is 11.6. The van der Waals surface area contributed by atoms with Crippen molar-refractivity contribution in [2.45, 2.75) is 11.1 Å². The number of halogens is 5. The first-order chi connectivity index (χ1) is 14.5. The average molecular weight is 578 g/mol. The van der Waals surface area contributed by atoms with E-state index in [9.17, 15) is 26.4 Å². The minimum Gasteiger partial charge on any atom is -0.322 e. The molecule has 0 saturated carbocycles. The van der Waals surface area contributed by atoms with Crippen molar-refractivity contribution >= 4 is 59.2 Å². The molecule has 0 aromatic heterocycles. The molecule has 162 valence electrons. The summed E-state index contributed by atoms with van der Waals surface area (Å²) < 4.78 is 67.8. The summed E-state index contributed by atoms with van der Waals surface area (Å²) in [6.45, 7) is 0. The molecule has 0 heterocycles. The third-order valence-corrected chi connectivity index (χ3v) is 6.43. The van der Waals surface area contributed by atoms with Gasteiger partial charge in [0.1, 0.15) is 0 Å². The maximum Gasteiger partial charge on any atom is 0.416 e. The van der Waals surface area contributed by atoms with E-state index in [1.165, 1.54) is 18.2 Å². The predicted molar refractivity (Wildman–Crippen MR) is 118 cm³/mol. The first-order valence-electron chi connectivity index (χ1n) is 8.52. The highest BCUT2D eigenvalue weighted by atomic mass is 79.9. The van der Waals surface area contributed by atoms with Gasteiger partial charge in [0.05, 0.1) is 21.7 Å². The number of hydrogen-bond acceptors (Lipinski definition) is 3. The van der Waals surface area contributed by atoms with Gasteiger partial charge in [-0.25, -0.2) is 8.42 Å². The highest BCUT2D eigenvalue weighted by molar-refractivity contribution is 9.10. The minimum atomic E-state index is -4.70. The standard InChI is InChI=1S/C20H13Br2F3N2O3S/c21-13-4-7-15(8-5-13)26-19(28)17-11-14(22)6-9-18(17)27-31(29,30)16-3-1-2-12(10-16)20(23,24)25/h1-11,27H,(H,26,28). The Morgan fingerprint density at radius 1 is 0.871 bits per heavy atom. The molecule has 0 radical (unpaired) electrons. The third-order valence-electron chi connectivity index (χ3n) is 4.04. The second kappa shape index (κ2) is 9.01. The van der Waals surface area contributed by atoms with Crippen molar-refractivity contribution < 1.29 is 26.4 Å². The smallest absolute Gasteiger partial charge is 0.322 e. The van der Waals surface area contributed by atoms with Crippen molar-refractivity contribution in [3.8, 4) is 0 Å². The fraction of sp³-hybridized carbons (Fsp3) is 0.0500. The molecule has 11 heteroatoms. The van der Waals surface area contributed by atoms with Gasteiger partial charge in [-0.05, 0) is 60.7 Å². The second-order valence-electron chi connectivity index (χ2n) is 6.28. The van der Waals surface area contributed by atoms with E-state index in [0.717, 1.165) is 22.7 Å². The van der Waals surface area contributed by atoms with Gasteiger partial charge in [0.2, 0.25) is 0 Å². The number of amides is 1. The number of benzene rings is 3. The van der Waals surface area contributed by atoms with Crippen molar-refractivity contribution in [1.82, 2.24) is 0 Å². The average Bonchev–Trinajstić information content (AvgIpc) is 2.70. The van der Waals surface area contributed by atoms with Gasteiger partial charge in [-0.15, -0.1) is 0 Å². The minimum absolute atomic E-state index is 0.0205. The lowest BCUT2D eigenvalue weighted by molar-refractivity contribution is -0.137. The summed E-state index contributed by atoms with van der Waals surface area (Å²) in [6, 6.07) is 14.3. The van der Waals surface area contributed by atoms with Crippen LogP contribution in [0.4, 0.5) is 24.5 Å². The molecule has 0 aliphatic heterocycles. The Kier molecular flexibility index (Phi) is 6.77. The van der Waals surface area contributed by atoms with Crippen molar-refractivity contribution in [2.75, 3.05) is 10.0 Å². The molecule has 0 fully saturated rings. The number of nitrogens with one attached hydrogen (secondary N) is 2. The normalized spacial score (nSPS) is 11.8. The summed E-state index contributed by atoms with van der Waals surface area (Å²) in [5, 5.41) is 2.64. The zero-order valence-corrected chi connectivity index (χ0v) is 19.4. The lowest BCUT2D eigenvalue weighted by atomic mass is 10.1.